The van der Waals surface area contributed by atoms with Crippen LogP contribution in [0.15, 0.2) is 60.7 Å². The van der Waals surface area contributed by atoms with E-state index in [1.54, 1.807) is 6.92 Å². The highest BCUT2D eigenvalue weighted by Gasteiger charge is 2.50. The van der Waals surface area contributed by atoms with Gasteiger partial charge in [0.1, 0.15) is 17.7 Å². The van der Waals surface area contributed by atoms with Gasteiger partial charge in [0.25, 0.3) is 0 Å². The highest BCUT2D eigenvalue weighted by molar-refractivity contribution is 5.98. The molecule has 0 unspecified atom stereocenters. The second kappa shape index (κ2) is 16.6. The maximum absolute atomic E-state index is 13.8. The summed E-state index contributed by atoms with van der Waals surface area (Å²) in [5, 5.41) is 8.79. The molecule has 2 aromatic rings. The van der Waals surface area contributed by atoms with Crippen LogP contribution in [0, 0.1) is 5.92 Å². The highest BCUT2D eigenvalue weighted by Crippen LogP contribution is 2.29. The topological polar surface area (TPSA) is 129 Å². The maximum Gasteiger partial charge on any atom is 0.243 e. The summed E-state index contributed by atoms with van der Waals surface area (Å²) in [6.45, 7) is 8.61. The number of carbonyl (C=O) groups is 4. The average Bonchev–Trinajstić information content (AvgIpc) is 3.79. The Labute approximate surface area is 266 Å². The van der Waals surface area contributed by atoms with E-state index in [0.29, 0.717) is 65.0 Å². The second-order valence-corrected chi connectivity index (χ2v) is 12.7. The number of epoxide rings is 1. The van der Waals surface area contributed by atoms with Crippen molar-refractivity contribution in [1.82, 2.24) is 20.9 Å². The molecule has 2 aliphatic rings. The quantitative estimate of drug-likeness (QED) is 0.232. The van der Waals surface area contributed by atoms with Crippen molar-refractivity contribution in [3.63, 3.8) is 0 Å². The number of carbonyl (C=O) groups excluding carboxylic acids is 4. The number of hydrogen-bond donors (Lipinski definition) is 3. The van der Waals surface area contributed by atoms with Gasteiger partial charge in [0.15, 0.2) is 5.78 Å². The van der Waals surface area contributed by atoms with Gasteiger partial charge >= 0.3 is 0 Å². The van der Waals surface area contributed by atoms with Crippen molar-refractivity contribution < 1.29 is 28.7 Å². The summed E-state index contributed by atoms with van der Waals surface area (Å²) in [6, 6.07) is 17.1. The van der Waals surface area contributed by atoms with Crippen molar-refractivity contribution in [2.24, 2.45) is 5.92 Å². The van der Waals surface area contributed by atoms with Crippen molar-refractivity contribution in [2.45, 2.75) is 76.6 Å². The number of aryl methyl sites for hydroxylation is 2. The van der Waals surface area contributed by atoms with Crippen LogP contribution >= 0.6 is 0 Å². The van der Waals surface area contributed by atoms with Gasteiger partial charge in [-0.3, -0.25) is 24.1 Å². The molecular weight excluding hydrogens is 572 g/mol. The minimum absolute atomic E-state index is 0.0856. The smallest absolute Gasteiger partial charge is 0.243 e. The van der Waals surface area contributed by atoms with Crippen LogP contribution in [0.5, 0.6) is 0 Å². The third-order valence-electron chi connectivity index (χ3n) is 8.32. The Morgan fingerprint density at radius 3 is 1.82 bits per heavy atom. The Morgan fingerprint density at radius 2 is 1.29 bits per heavy atom. The Balaban J connectivity index is 1.45. The Kier molecular flexibility index (Phi) is 12.7. The molecule has 3 amide bonds. The third-order valence-corrected chi connectivity index (χ3v) is 8.32. The molecule has 2 saturated heterocycles. The largest absolute Gasteiger partial charge is 0.379 e. The molecule has 0 radical (unpaired) electrons. The van der Waals surface area contributed by atoms with Crippen LogP contribution in [-0.2, 0) is 41.5 Å². The molecule has 3 N–H and O–H groups in total. The molecule has 2 fully saturated rings. The number of ketones is 1. The van der Waals surface area contributed by atoms with Gasteiger partial charge in [-0.05, 0) is 56.1 Å². The lowest BCUT2D eigenvalue weighted by Crippen LogP contribution is -2.57. The lowest BCUT2D eigenvalue weighted by Gasteiger charge is -2.28. The standard InChI is InChI=1S/C35H48N4O6/c1-25(2)22-30(34(43)37-28(32(41)35(3)24-45-35)16-14-26-10-6-4-7-11-26)38-33(42)29(17-15-27-12-8-5-9-13-27)36-31(40)23-39-18-20-44-21-19-39/h4-13,25,28-30H,14-24H2,1-3H3,(H,36,40)(H,37,43)(H,38,42)/t28-,29-,30-,35+/m0/s1. The van der Waals surface area contributed by atoms with E-state index in [0.717, 1.165) is 11.1 Å². The lowest BCUT2D eigenvalue weighted by molar-refractivity contribution is -0.134. The van der Waals surface area contributed by atoms with Gasteiger partial charge in [0.05, 0.1) is 32.4 Å². The number of hydrogen-bond acceptors (Lipinski definition) is 7. The number of rotatable bonds is 17. The van der Waals surface area contributed by atoms with Crippen molar-refractivity contribution in [3.05, 3.63) is 71.8 Å². The molecule has 4 atom stereocenters. The van der Waals surface area contributed by atoms with Crippen molar-refractivity contribution >= 4 is 23.5 Å². The molecule has 2 aliphatic heterocycles. The number of nitrogens with one attached hydrogen (secondary N) is 3. The summed E-state index contributed by atoms with van der Waals surface area (Å²) >= 11 is 0. The summed E-state index contributed by atoms with van der Waals surface area (Å²) in [6.07, 6.45) is 2.33. The van der Waals surface area contributed by atoms with Crippen LogP contribution in [0.3, 0.4) is 0 Å². The van der Waals surface area contributed by atoms with E-state index in [1.165, 1.54) is 0 Å². The third kappa shape index (κ3) is 11.1. The molecule has 10 heteroatoms. The average molecular weight is 621 g/mol. The zero-order valence-electron chi connectivity index (χ0n) is 26.8. The summed E-state index contributed by atoms with van der Waals surface area (Å²) in [7, 11) is 0. The van der Waals surface area contributed by atoms with Crippen LogP contribution < -0.4 is 16.0 Å². The number of nitrogens with zero attached hydrogens (tertiary/aromatic N) is 1. The molecule has 0 saturated carbocycles. The van der Waals surface area contributed by atoms with Gasteiger partial charge < -0.3 is 25.4 Å². The van der Waals surface area contributed by atoms with Crippen molar-refractivity contribution in [3.8, 4) is 0 Å². The Morgan fingerprint density at radius 1 is 0.778 bits per heavy atom. The molecule has 0 spiro atoms. The predicted octanol–water partition coefficient (Wildman–Crippen LogP) is 2.44. The fraction of sp³-hybridized carbons (Fsp3) is 0.543. The van der Waals surface area contributed by atoms with Crippen molar-refractivity contribution in [2.75, 3.05) is 39.5 Å². The van der Waals surface area contributed by atoms with E-state index < -0.39 is 35.5 Å². The summed E-state index contributed by atoms with van der Waals surface area (Å²) < 4.78 is 10.8. The first kappa shape index (κ1) is 34.3. The first-order valence-electron chi connectivity index (χ1n) is 16.1. The fourth-order valence-electron chi connectivity index (χ4n) is 5.52. The number of amides is 3. The van der Waals surface area contributed by atoms with Crippen LogP contribution in [0.1, 0.15) is 51.2 Å². The van der Waals surface area contributed by atoms with Gasteiger partial charge in [-0.15, -0.1) is 0 Å². The second-order valence-electron chi connectivity index (χ2n) is 12.7. The number of ether oxygens (including phenoxy) is 2. The van der Waals surface area contributed by atoms with E-state index in [1.807, 2.05) is 79.4 Å². The Bertz CT molecular complexity index is 1260. The van der Waals surface area contributed by atoms with Gasteiger partial charge in [0.2, 0.25) is 17.7 Å². The summed E-state index contributed by atoms with van der Waals surface area (Å²) in [5.41, 5.74) is 1.20. The molecule has 4 rings (SSSR count). The van der Waals surface area contributed by atoms with Gasteiger partial charge in [-0.2, -0.15) is 0 Å². The number of morpholine rings is 1. The molecule has 0 aromatic heterocycles. The number of benzene rings is 2. The minimum Gasteiger partial charge on any atom is -0.379 e. The zero-order valence-corrected chi connectivity index (χ0v) is 26.8. The molecule has 10 nitrogen and oxygen atoms in total. The normalized spacial score (nSPS) is 20.1. The van der Waals surface area contributed by atoms with Crippen LogP contribution in [0.4, 0.5) is 0 Å². The molecule has 45 heavy (non-hydrogen) atoms. The van der Waals surface area contributed by atoms with Crippen LogP contribution in [-0.4, -0.2) is 91.6 Å². The van der Waals surface area contributed by atoms with Gasteiger partial charge in [-0.1, -0.05) is 74.5 Å². The van der Waals surface area contributed by atoms with E-state index >= 15 is 0 Å². The van der Waals surface area contributed by atoms with Crippen LogP contribution in [0.2, 0.25) is 0 Å². The SMILES string of the molecule is CC(C)C[C@H](NC(=O)[C@H](CCc1ccccc1)NC(=O)CN1CCOCC1)C(=O)N[C@@H](CCc1ccccc1)C(=O)[C@@]1(C)CO1. The zero-order chi connectivity index (χ0) is 32.2. The lowest BCUT2D eigenvalue weighted by atomic mass is 9.94. The van der Waals surface area contributed by atoms with E-state index in [4.69, 9.17) is 9.47 Å². The fourth-order valence-corrected chi connectivity index (χ4v) is 5.52. The van der Waals surface area contributed by atoms with E-state index in [2.05, 4.69) is 16.0 Å². The molecule has 0 aliphatic carbocycles. The number of Topliss-reactive ketones (excluding diaryl/α,β-unsaturated/α-hetero) is 1. The molecule has 2 aromatic carbocycles. The highest BCUT2D eigenvalue weighted by atomic mass is 16.6. The summed E-state index contributed by atoms with van der Waals surface area (Å²) in [4.78, 5) is 55.9. The van der Waals surface area contributed by atoms with Gasteiger partial charge in [-0.25, -0.2) is 0 Å². The first-order valence-corrected chi connectivity index (χ1v) is 16.1. The monoisotopic (exact) mass is 620 g/mol. The minimum atomic E-state index is -0.904. The van der Waals surface area contributed by atoms with Crippen LogP contribution in [0.25, 0.3) is 0 Å². The first-order chi connectivity index (χ1) is 21.6. The molecular formula is C35H48N4O6. The molecule has 2 heterocycles. The molecule has 244 valence electrons. The Hall–Kier alpha value is -3.60. The predicted molar refractivity (Wildman–Crippen MR) is 171 cm³/mol. The summed E-state index contributed by atoms with van der Waals surface area (Å²) in [5.74, 6) is -1.18. The van der Waals surface area contributed by atoms with E-state index in [9.17, 15) is 19.2 Å². The van der Waals surface area contributed by atoms with Gasteiger partial charge in [0, 0.05) is 13.1 Å². The maximum atomic E-state index is 13.8. The van der Waals surface area contributed by atoms with E-state index in [-0.39, 0.29) is 24.2 Å². The van der Waals surface area contributed by atoms with Crippen molar-refractivity contribution in [1.29, 1.82) is 0 Å². The molecule has 0 bridgehead atoms.